The Bertz CT molecular complexity index is 313. The molecular formula is C10H21NO4S. The Morgan fingerprint density at radius 2 is 2.00 bits per heavy atom. The number of hydrogen-bond acceptors (Lipinski definition) is 4. The molecule has 0 aliphatic rings. The van der Waals surface area contributed by atoms with E-state index in [1.807, 2.05) is 13.8 Å². The molecule has 0 amide bonds. The Kier molecular flexibility index (Phi) is 6.59. The molecule has 0 aliphatic heterocycles. The van der Waals surface area contributed by atoms with Gasteiger partial charge in [0.05, 0.1) is 12.3 Å². The zero-order valence-corrected chi connectivity index (χ0v) is 11.0. The van der Waals surface area contributed by atoms with Crippen LogP contribution in [0.15, 0.2) is 0 Å². The molecule has 1 unspecified atom stereocenters. The third-order valence-corrected chi connectivity index (χ3v) is 3.54. The summed E-state index contributed by atoms with van der Waals surface area (Å²) in [5, 5.41) is 8.73. The summed E-state index contributed by atoms with van der Waals surface area (Å²) in [7, 11) is -2.95. The van der Waals surface area contributed by atoms with E-state index in [-0.39, 0.29) is 18.3 Å². The van der Waals surface area contributed by atoms with Gasteiger partial charge in [-0.05, 0) is 26.3 Å². The highest BCUT2D eigenvalue weighted by atomic mass is 32.2. The van der Waals surface area contributed by atoms with Crippen LogP contribution in [0, 0.1) is 0 Å². The average molecular weight is 251 g/mol. The molecule has 0 bridgehead atoms. The maximum atomic E-state index is 10.9. The van der Waals surface area contributed by atoms with Gasteiger partial charge in [-0.1, -0.05) is 6.92 Å². The molecule has 6 heteroatoms. The molecule has 0 rings (SSSR count). The van der Waals surface area contributed by atoms with Crippen molar-refractivity contribution in [1.82, 2.24) is 4.90 Å². The van der Waals surface area contributed by atoms with Crippen molar-refractivity contribution in [2.75, 3.05) is 25.1 Å². The van der Waals surface area contributed by atoms with Gasteiger partial charge < -0.3 is 5.11 Å². The molecule has 0 heterocycles. The summed E-state index contributed by atoms with van der Waals surface area (Å²) in [6.07, 6.45) is 2.53. The average Bonchev–Trinajstić information content (AvgIpc) is 2.12. The second-order valence-electron chi connectivity index (χ2n) is 4.10. The molecule has 1 atom stereocenters. The number of sulfone groups is 1. The van der Waals surface area contributed by atoms with Gasteiger partial charge in [-0.3, -0.25) is 9.69 Å². The van der Waals surface area contributed by atoms with Gasteiger partial charge in [0, 0.05) is 12.3 Å². The number of carboxylic acid groups (broad SMARTS) is 1. The summed E-state index contributed by atoms with van der Waals surface area (Å²) in [5.41, 5.74) is 0. The molecule has 0 radical (unpaired) electrons. The van der Waals surface area contributed by atoms with Crippen LogP contribution < -0.4 is 0 Å². The first-order valence-electron chi connectivity index (χ1n) is 5.39. The molecule has 96 valence electrons. The first-order chi connectivity index (χ1) is 7.26. The number of carbonyl (C=O) groups is 1. The Balaban J connectivity index is 4.17. The van der Waals surface area contributed by atoms with Gasteiger partial charge in [-0.15, -0.1) is 0 Å². The van der Waals surface area contributed by atoms with Crippen molar-refractivity contribution in [2.45, 2.75) is 32.7 Å². The number of carboxylic acids is 1. The molecule has 0 aromatic rings. The normalized spacial score (nSPS) is 14.0. The molecule has 1 N–H and O–H groups in total. The van der Waals surface area contributed by atoms with Crippen LogP contribution in [0.3, 0.4) is 0 Å². The molecule has 0 spiro atoms. The number of rotatable bonds is 8. The van der Waals surface area contributed by atoms with Gasteiger partial charge >= 0.3 is 5.97 Å². The van der Waals surface area contributed by atoms with E-state index in [0.717, 1.165) is 6.42 Å². The van der Waals surface area contributed by atoms with Gasteiger partial charge in [0.2, 0.25) is 0 Å². The number of nitrogens with zero attached hydrogens (tertiary/aromatic N) is 1. The van der Waals surface area contributed by atoms with E-state index in [1.54, 1.807) is 4.90 Å². The molecule has 0 saturated heterocycles. The van der Waals surface area contributed by atoms with Crippen molar-refractivity contribution in [3.05, 3.63) is 0 Å². The first kappa shape index (κ1) is 15.4. The molecule has 0 aromatic heterocycles. The third kappa shape index (κ3) is 7.64. The standard InChI is InChI=1S/C10H21NO4S/c1-4-9(2)11(8-10(12)13)6-5-7-16(3,14)15/h9H,4-8H2,1-3H3,(H,12,13). The van der Waals surface area contributed by atoms with Crippen LogP contribution in [-0.4, -0.2) is 55.5 Å². The topological polar surface area (TPSA) is 74.7 Å². The quantitative estimate of drug-likeness (QED) is 0.684. The first-order valence-corrected chi connectivity index (χ1v) is 7.46. The van der Waals surface area contributed by atoms with Crippen molar-refractivity contribution in [3.63, 3.8) is 0 Å². The number of hydrogen-bond donors (Lipinski definition) is 1. The SMILES string of the molecule is CCC(C)N(CCCS(C)(=O)=O)CC(=O)O. The van der Waals surface area contributed by atoms with Crippen LogP contribution >= 0.6 is 0 Å². The fraction of sp³-hybridized carbons (Fsp3) is 0.900. The summed E-state index contributed by atoms with van der Waals surface area (Å²) in [5.74, 6) is -0.765. The second-order valence-corrected chi connectivity index (χ2v) is 6.36. The Morgan fingerprint density at radius 1 is 1.44 bits per heavy atom. The van der Waals surface area contributed by atoms with E-state index in [0.29, 0.717) is 13.0 Å². The highest BCUT2D eigenvalue weighted by Crippen LogP contribution is 2.04. The molecule has 0 aliphatic carbocycles. The van der Waals surface area contributed by atoms with Crippen molar-refractivity contribution in [1.29, 1.82) is 0 Å². The summed E-state index contributed by atoms with van der Waals surface area (Å²) in [4.78, 5) is 12.4. The highest BCUT2D eigenvalue weighted by Gasteiger charge is 2.15. The fourth-order valence-corrected chi connectivity index (χ4v) is 2.07. The zero-order valence-electron chi connectivity index (χ0n) is 10.1. The zero-order chi connectivity index (χ0) is 12.8. The molecule has 16 heavy (non-hydrogen) atoms. The minimum Gasteiger partial charge on any atom is -0.480 e. The van der Waals surface area contributed by atoms with E-state index in [1.165, 1.54) is 6.26 Å². The van der Waals surface area contributed by atoms with Crippen LogP contribution in [0.4, 0.5) is 0 Å². The van der Waals surface area contributed by atoms with Crippen molar-refractivity contribution in [2.24, 2.45) is 0 Å². The molecule has 0 saturated carbocycles. The molecule has 0 aromatic carbocycles. The van der Waals surface area contributed by atoms with Crippen LogP contribution in [0.2, 0.25) is 0 Å². The Labute approximate surface area is 97.4 Å². The van der Waals surface area contributed by atoms with Crippen LogP contribution in [-0.2, 0) is 14.6 Å². The minimum atomic E-state index is -2.95. The van der Waals surface area contributed by atoms with Crippen LogP contribution in [0.5, 0.6) is 0 Å². The van der Waals surface area contributed by atoms with Gasteiger partial charge in [0.15, 0.2) is 0 Å². The van der Waals surface area contributed by atoms with Crippen molar-refractivity contribution >= 4 is 15.8 Å². The molecule has 0 fully saturated rings. The van der Waals surface area contributed by atoms with Gasteiger partial charge in [-0.25, -0.2) is 8.42 Å². The maximum Gasteiger partial charge on any atom is 0.317 e. The lowest BCUT2D eigenvalue weighted by Crippen LogP contribution is -2.38. The summed E-state index contributed by atoms with van der Waals surface area (Å²) in [6.45, 7) is 4.41. The predicted molar refractivity (Wildman–Crippen MR) is 63.3 cm³/mol. The van der Waals surface area contributed by atoms with E-state index >= 15 is 0 Å². The van der Waals surface area contributed by atoms with E-state index in [2.05, 4.69) is 0 Å². The van der Waals surface area contributed by atoms with Crippen LogP contribution in [0.1, 0.15) is 26.7 Å². The summed E-state index contributed by atoms with van der Waals surface area (Å²) < 4.78 is 21.9. The Morgan fingerprint density at radius 3 is 2.38 bits per heavy atom. The number of aliphatic carboxylic acids is 1. The van der Waals surface area contributed by atoms with E-state index < -0.39 is 15.8 Å². The highest BCUT2D eigenvalue weighted by molar-refractivity contribution is 7.90. The second kappa shape index (κ2) is 6.85. The summed E-state index contributed by atoms with van der Waals surface area (Å²) in [6, 6.07) is 0.163. The monoisotopic (exact) mass is 251 g/mol. The maximum absolute atomic E-state index is 10.9. The van der Waals surface area contributed by atoms with Gasteiger partial charge in [0.1, 0.15) is 9.84 Å². The lowest BCUT2D eigenvalue weighted by molar-refractivity contribution is -0.138. The predicted octanol–water partition coefficient (Wildman–Crippen LogP) is 0.606. The van der Waals surface area contributed by atoms with E-state index in [4.69, 9.17) is 5.11 Å². The largest absolute Gasteiger partial charge is 0.480 e. The lowest BCUT2D eigenvalue weighted by atomic mass is 10.2. The van der Waals surface area contributed by atoms with Gasteiger partial charge in [-0.2, -0.15) is 0 Å². The third-order valence-electron chi connectivity index (χ3n) is 2.51. The molecular weight excluding hydrogens is 230 g/mol. The smallest absolute Gasteiger partial charge is 0.317 e. The van der Waals surface area contributed by atoms with Gasteiger partial charge in [0.25, 0.3) is 0 Å². The lowest BCUT2D eigenvalue weighted by Gasteiger charge is -2.26. The van der Waals surface area contributed by atoms with Crippen molar-refractivity contribution in [3.8, 4) is 0 Å². The van der Waals surface area contributed by atoms with E-state index in [9.17, 15) is 13.2 Å². The Hall–Kier alpha value is -0.620. The van der Waals surface area contributed by atoms with Crippen LogP contribution in [0.25, 0.3) is 0 Å². The van der Waals surface area contributed by atoms with Crippen molar-refractivity contribution < 1.29 is 18.3 Å². The molecule has 5 nitrogen and oxygen atoms in total. The fourth-order valence-electron chi connectivity index (χ4n) is 1.42. The summed E-state index contributed by atoms with van der Waals surface area (Å²) >= 11 is 0. The minimum absolute atomic E-state index is 0.0290.